The normalized spacial score (nSPS) is 18.5. The van der Waals surface area contributed by atoms with E-state index in [-0.39, 0.29) is 5.91 Å². The molecule has 0 heterocycles. The third-order valence-electron chi connectivity index (χ3n) is 3.45. The van der Waals surface area contributed by atoms with Crippen molar-refractivity contribution in [1.29, 1.82) is 0 Å². The SMILES string of the molecule is Cc1ccccc1C(=O)NC[C@](C)(O)C1CC1. The van der Waals surface area contributed by atoms with Crippen LogP contribution in [0.1, 0.15) is 35.7 Å². The van der Waals surface area contributed by atoms with E-state index in [1.807, 2.05) is 25.1 Å². The molecule has 3 nitrogen and oxygen atoms in total. The summed E-state index contributed by atoms with van der Waals surface area (Å²) in [5.74, 6) is 0.240. The molecule has 2 N–H and O–H groups in total. The van der Waals surface area contributed by atoms with Crippen LogP contribution in [-0.4, -0.2) is 23.2 Å². The number of benzene rings is 1. The molecule has 1 aromatic rings. The van der Waals surface area contributed by atoms with E-state index in [1.54, 1.807) is 13.0 Å². The zero-order valence-electron chi connectivity index (χ0n) is 10.4. The largest absolute Gasteiger partial charge is 0.388 e. The van der Waals surface area contributed by atoms with Crippen molar-refractivity contribution >= 4 is 5.91 Å². The van der Waals surface area contributed by atoms with Gasteiger partial charge in [-0.1, -0.05) is 18.2 Å². The van der Waals surface area contributed by atoms with Crippen LogP contribution in [0.3, 0.4) is 0 Å². The summed E-state index contributed by atoms with van der Waals surface area (Å²) < 4.78 is 0. The van der Waals surface area contributed by atoms with Gasteiger partial charge in [-0.25, -0.2) is 0 Å². The fourth-order valence-corrected chi connectivity index (χ4v) is 2.03. The Hall–Kier alpha value is -1.35. The van der Waals surface area contributed by atoms with Crippen molar-refractivity contribution in [2.75, 3.05) is 6.54 Å². The highest BCUT2D eigenvalue weighted by Gasteiger charge is 2.39. The summed E-state index contributed by atoms with van der Waals surface area (Å²) in [6.45, 7) is 4.03. The van der Waals surface area contributed by atoms with Gasteiger partial charge in [-0.05, 0) is 44.2 Å². The fraction of sp³-hybridized carbons (Fsp3) is 0.500. The highest BCUT2D eigenvalue weighted by Crippen LogP contribution is 2.39. The molecule has 0 saturated heterocycles. The third kappa shape index (κ3) is 2.86. The number of aryl methyl sites for hydroxylation is 1. The fourth-order valence-electron chi connectivity index (χ4n) is 2.03. The second kappa shape index (κ2) is 4.49. The van der Waals surface area contributed by atoms with E-state index in [2.05, 4.69) is 5.32 Å². The van der Waals surface area contributed by atoms with Crippen LogP contribution in [0, 0.1) is 12.8 Å². The molecule has 1 aliphatic rings. The third-order valence-corrected chi connectivity index (χ3v) is 3.45. The molecule has 0 aliphatic heterocycles. The predicted molar refractivity (Wildman–Crippen MR) is 66.9 cm³/mol. The first-order chi connectivity index (χ1) is 8.00. The van der Waals surface area contributed by atoms with Crippen LogP contribution in [0.25, 0.3) is 0 Å². The molecule has 0 bridgehead atoms. The lowest BCUT2D eigenvalue weighted by atomic mass is 10.0. The maximum atomic E-state index is 11.9. The zero-order valence-corrected chi connectivity index (χ0v) is 10.4. The number of hydrogen-bond donors (Lipinski definition) is 2. The van der Waals surface area contributed by atoms with E-state index >= 15 is 0 Å². The topological polar surface area (TPSA) is 49.3 Å². The van der Waals surface area contributed by atoms with Crippen molar-refractivity contribution in [2.24, 2.45) is 5.92 Å². The van der Waals surface area contributed by atoms with Gasteiger partial charge in [0, 0.05) is 12.1 Å². The predicted octanol–water partition coefficient (Wildman–Crippen LogP) is 1.89. The second-order valence-corrected chi connectivity index (χ2v) is 5.13. The quantitative estimate of drug-likeness (QED) is 0.834. The van der Waals surface area contributed by atoms with Crippen LogP contribution < -0.4 is 5.32 Å². The van der Waals surface area contributed by atoms with Gasteiger partial charge in [-0.15, -0.1) is 0 Å². The van der Waals surface area contributed by atoms with Gasteiger partial charge >= 0.3 is 0 Å². The molecule has 1 fully saturated rings. The molecular weight excluding hydrogens is 214 g/mol. The molecule has 1 atom stereocenters. The van der Waals surface area contributed by atoms with E-state index in [4.69, 9.17) is 0 Å². The van der Waals surface area contributed by atoms with Gasteiger partial charge in [0.1, 0.15) is 0 Å². The molecule has 0 spiro atoms. The average molecular weight is 233 g/mol. The minimum absolute atomic E-state index is 0.107. The van der Waals surface area contributed by atoms with E-state index in [1.165, 1.54) is 0 Å². The average Bonchev–Trinajstić information content (AvgIpc) is 3.11. The van der Waals surface area contributed by atoms with Crippen molar-refractivity contribution in [2.45, 2.75) is 32.3 Å². The lowest BCUT2D eigenvalue weighted by Gasteiger charge is -2.23. The molecule has 1 aromatic carbocycles. The van der Waals surface area contributed by atoms with Crippen LogP contribution in [0.5, 0.6) is 0 Å². The van der Waals surface area contributed by atoms with Gasteiger partial charge in [0.05, 0.1) is 5.60 Å². The first kappa shape index (κ1) is 12.1. The van der Waals surface area contributed by atoms with E-state index in [0.717, 1.165) is 18.4 Å². The molecule has 1 saturated carbocycles. The molecule has 2 rings (SSSR count). The highest BCUT2D eigenvalue weighted by molar-refractivity contribution is 5.95. The Morgan fingerprint density at radius 3 is 2.71 bits per heavy atom. The Morgan fingerprint density at radius 1 is 1.47 bits per heavy atom. The first-order valence-electron chi connectivity index (χ1n) is 6.07. The summed E-state index contributed by atoms with van der Waals surface area (Å²) in [4.78, 5) is 11.9. The number of amides is 1. The lowest BCUT2D eigenvalue weighted by Crippen LogP contribution is -2.42. The molecule has 0 aromatic heterocycles. The van der Waals surface area contributed by atoms with Gasteiger partial charge in [0.2, 0.25) is 0 Å². The Labute approximate surface area is 102 Å². The van der Waals surface area contributed by atoms with Gasteiger partial charge < -0.3 is 10.4 Å². The zero-order chi connectivity index (χ0) is 12.5. The number of aliphatic hydroxyl groups is 1. The number of carbonyl (C=O) groups excluding carboxylic acids is 1. The number of nitrogens with one attached hydrogen (secondary N) is 1. The molecular formula is C14H19NO2. The summed E-state index contributed by atoms with van der Waals surface area (Å²) in [6, 6.07) is 7.47. The molecule has 1 aliphatic carbocycles. The van der Waals surface area contributed by atoms with Gasteiger partial charge in [-0.3, -0.25) is 4.79 Å². The minimum atomic E-state index is -0.766. The Morgan fingerprint density at radius 2 is 2.12 bits per heavy atom. The molecule has 0 radical (unpaired) electrons. The van der Waals surface area contributed by atoms with Crippen molar-refractivity contribution < 1.29 is 9.90 Å². The van der Waals surface area contributed by atoms with Gasteiger partial charge in [-0.2, -0.15) is 0 Å². The monoisotopic (exact) mass is 233 g/mol. The summed E-state index contributed by atoms with van der Waals surface area (Å²) in [5, 5.41) is 12.9. The van der Waals surface area contributed by atoms with Crippen LogP contribution in [-0.2, 0) is 0 Å². The highest BCUT2D eigenvalue weighted by atomic mass is 16.3. The summed E-state index contributed by atoms with van der Waals surface area (Å²) in [7, 11) is 0. The second-order valence-electron chi connectivity index (χ2n) is 5.13. The van der Waals surface area contributed by atoms with Gasteiger partial charge in [0.25, 0.3) is 5.91 Å². The number of hydrogen-bond acceptors (Lipinski definition) is 2. The smallest absolute Gasteiger partial charge is 0.251 e. The van der Waals surface area contributed by atoms with E-state index < -0.39 is 5.60 Å². The van der Waals surface area contributed by atoms with Crippen LogP contribution in [0.15, 0.2) is 24.3 Å². The van der Waals surface area contributed by atoms with Crippen LogP contribution in [0.2, 0.25) is 0 Å². The molecule has 0 unspecified atom stereocenters. The Kier molecular flexibility index (Phi) is 3.20. The molecule has 92 valence electrons. The Bertz CT molecular complexity index is 422. The standard InChI is InChI=1S/C14H19NO2/c1-10-5-3-4-6-12(10)13(16)15-9-14(2,17)11-7-8-11/h3-6,11,17H,7-9H2,1-2H3,(H,15,16)/t14-/m0/s1. The number of carbonyl (C=O) groups is 1. The maximum absolute atomic E-state index is 11.9. The molecule has 1 amide bonds. The molecule has 17 heavy (non-hydrogen) atoms. The van der Waals surface area contributed by atoms with E-state index in [0.29, 0.717) is 18.0 Å². The van der Waals surface area contributed by atoms with Crippen molar-refractivity contribution in [3.8, 4) is 0 Å². The van der Waals surface area contributed by atoms with Crippen LogP contribution in [0.4, 0.5) is 0 Å². The summed E-state index contributed by atoms with van der Waals surface area (Å²) in [5.41, 5.74) is 0.869. The van der Waals surface area contributed by atoms with Crippen LogP contribution >= 0.6 is 0 Å². The van der Waals surface area contributed by atoms with Crippen molar-refractivity contribution in [3.05, 3.63) is 35.4 Å². The Balaban J connectivity index is 1.96. The summed E-state index contributed by atoms with van der Waals surface area (Å²) in [6.07, 6.45) is 2.13. The van der Waals surface area contributed by atoms with Crippen molar-refractivity contribution in [1.82, 2.24) is 5.32 Å². The van der Waals surface area contributed by atoms with E-state index in [9.17, 15) is 9.90 Å². The summed E-state index contributed by atoms with van der Waals surface area (Å²) >= 11 is 0. The number of rotatable bonds is 4. The lowest BCUT2D eigenvalue weighted by molar-refractivity contribution is 0.0354. The van der Waals surface area contributed by atoms with Crippen molar-refractivity contribution in [3.63, 3.8) is 0 Å². The minimum Gasteiger partial charge on any atom is -0.388 e. The molecule has 3 heteroatoms. The van der Waals surface area contributed by atoms with Gasteiger partial charge in [0.15, 0.2) is 0 Å². The maximum Gasteiger partial charge on any atom is 0.251 e. The first-order valence-corrected chi connectivity index (χ1v) is 6.07.